The van der Waals surface area contributed by atoms with Crippen LogP contribution in [0.15, 0.2) is 29.1 Å². The number of aromatic hydroxyl groups is 1. The number of H-pyrrole nitrogens is 1. The first-order chi connectivity index (χ1) is 9.15. The quantitative estimate of drug-likeness (QED) is 0.889. The van der Waals surface area contributed by atoms with Gasteiger partial charge in [-0.2, -0.15) is 4.98 Å². The molecule has 0 aliphatic heterocycles. The fourth-order valence-electron chi connectivity index (χ4n) is 2.11. The third kappa shape index (κ3) is 2.36. The van der Waals surface area contributed by atoms with Crippen LogP contribution >= 0.6 is 0 Å². The Kier molecular flexibility index (Phi) is 2.81. The normalized spacial score (nSPS) is 14.6. The number of rotatable bonds is 3. The Labute approximate surface area is 109 Å². The summed E-state index contributed by atoms with van der Waals surface area (Å²) >= 11 is 0. The van der Waals surface area contributed by atoms with Crippen molar-refractivity contribution in [3.8, 4) is 17.0 Å². The molecule has 1 fully saturated rings. The Bertz CT molecular complexity index is 677. The van der Waals surface area contributed by atoms with E-state index in [4.69, 9.17) is 0 Å². The first-order valence-electron chi connectivity index (χ1n) is 6.22. The van der Waals surface area contributed by atoms with Gasteiger partial charge >= 0.3 is 0 Å². The fourth-order valence-corrected chi connectivity index (χ4v) is 2.11. The Morgan fingerprint density at radius 1 is 1.37 bits per heavy atom. The number of hydrogen-bond acceptors (Lipinski definition) is 3. The summed E-state index contributed by atoms with van der Waals surface area (Å²) in [4.78, 5) is 18.6. The number of benzene rings is 1. The molecule has 1 aliphatic rings. The number of hydrogen-bond donors (Lipinski definition) is 2. The first-order valence-corrected chi connectivity index (χ1v) is 6.22. The molecule has 2 N–H and O–H groups in total. The molecular weight excluding hydrogens is 247 g/mol. The minimum absolute atomic E-state index is 0.0618. The summed E-state index contributed by atoms with van der Waals surface area (Å²) in [6.07, 6.45) is 2.90. The van der Waals surface area contributed by atoms with E-state index < -0.39 is 17.3 Å². The molecule has 0 bridgehead atoms. The molecule has 0 amide bonds. The molecule has 0 spiro atoms. The lowest BCUT2D eigenvalue weighted by Gasteiger charge is -2.06. The van der Waals surface area contributed by atoms with Gasteiger partial charge in [0, 0.05) is 12.0 Å². The van der Waals surface area contributed by atoms with Crippen LogP contribution < -0.4 is 5.56 Å². The largest absolute Gasteiger partial charge is 0.493 e. The first kappa shape index (κ1) is 11.9. The second kappa shape index (κ2) is 4.50. The Hall–Kier alpha value is -2.17. The van der Waals surface area contributed by atoms with Gasteiger partial charge in [0.2, 0.25) is 5.88 Å². The fraction of sp³-hybridized carbons (Fsp3) is 0.286. The predicted molar refractivity (Wildman–Crippen MR) is 68.3 cm³/mol. The maximum Gasteiger partial charge on any atom is 0.262 e. The van der Waals surface area contributed by atoms with Gasteiger partial charge in [-0.05, 0) is 24.8 Å². The molecule has 5 heteroatoms. The summed E-state index contributed by atoms with van der Waals surface area (Å²) in [5.74, 6) is 0.0384. The molecule has 1 aromatic carbocycles. The Morgan fingerprint density at radius 2 is 2.11 bits per heavy atom. The van der Waals surface area contributed by atoms with Crippen LogP contribution in [0, 0.1) is 11.7 Å². The summed E-state index contributed by atoms with van der Waals surface area (Å²) in [5, 5.41) is 9.89. The maximum absolute atomic E-state index is 13.7. The van der Waals surface area contributed by atoms with Crippen LogP contribution in [-0.2, 0) is 6.42 Å². The summed E-state index contributed by atoms with van der Waals surface area (Å²) in [6, 6.07) is 5.82. The summed E-state index contributed by atoms with van der Waals surface area (Å²) in [5.41, 5.74) is -0.558. The second-order valence-corrected chi connectivity index (χ2v) is 4.84. The van der Waals surface area contributed by atoms with E-state index in [1.165, 1.54) is 18.2 Å². The molecular formula is C14H13FN2O2. The topological polar surface area (TPSA) is 66.0 Å². The Balaban J connectivity index is 2.07. The molecule has 0 saturated heterocycles. The van der Waals surface area contributed by atoms with Crippen LogP contribution in [0.1, 0.15) is 18.7 Å². The van der Waals surface area contributed by atoms with E-state index in [0.29, 0.717) is 18.2 Å². The zero-order valence-corrected chi connectivity index (χ0v) is 10.2. The molecule has 1 aromatic heterocycles. The summed E-state index contributed by atoms with van der Waals surface area (Å²) < 4.78 is 13.7. The Morgan fingerprint density at radius 3 is 2.74 bits per heavy atom. The average molecular weight is 260 g/mol. The lowest BCUT2D eigenvalue weighted by atomic mass is 10.1. The number of nitrogens with zero attached hydrogens (tertiary/aromatic N) is 1. The van der Waals surface area contributed by atoms with Gasteiger partial charge in [-0.15, -0.1) is 0 Å². The summed E-state index contributed by atoms with van der Waals surface area (Å²) in [6.45, 7) is 0. The van der Waals surface area contributed by atoms with Crippen molar-refractivity contribution in [2.45, 2.75) is 19.3 Å². The van der Waals surface area contributed by atoms with E-state index in [0.717, 1.165) is 12.8 Å². The van der Waals surface area contributed by atoms with Gasteiger partial charge in [-0.3, -0.25) is 4.79 Å². The lowest BCUT2D eigenvalue weighted by molar-refractivity contribution is 0.448. The minimum Gasteiger partial charge on any atom is -0.493 e. The number of aromatic nitrogens is 2. The van der Waals surface area contributed by atoms with Gasteiger partial charge in [-0.1, -0.05) is 18.2 Å². The van der Waals surface area contributed by atoms with Crippen molar-refractivity contribution in [2.75, 3.05) is 0 Å². The molecule has 0 atom stereocenters. The molecule has 0 unspecified atom stereocenters. The van der Waals surface area contributed by atoms with E-state index >= 15 is 0 Å². The van der Waals surface area contributed by atoms with E-state index in [1.54, 1.807) is 6.07 Å². The van der Waals surface area contributed by atoms with Crippen molar-refractivity contribution in [2.24, 2.45) is 5.92 Å². The monoisotopic (exact) mass is 260 g/mol. The molecule has 0 radical (unpaired) electrons. The van der Waals surface area contributed by atoms with Crippen LogP contribution in [-0.4, -0.2) is 15.1 Å². The molecule has 1 aliphatic carbocycles. The van der Waals surface area contributed by atoms with Gasteiger partial charge in [-0.25, -0.2) is 4.39 Å². The zero-order valence-electron chi connectivity index (χ0n) is 10.2. The van der Waals surface area contributed by atoms with Crippen LogP contribution in [0.25, 0.3) is 11.1 Å². The van der Waals surface area contributed by atoms with E-state index in [-0.39, 0.29) is 11.1 Å². The van der Waals surface area contributed by atoms with Gasteiger partial charge in [0.05, 0.1) is 0 Å². The smallest absolute Gasteiger partial charge is 0.262 e. The number of aromatic amines is 1. The molecule has 19 heavy (non-hydrogen) atoms. The van der Waals surface area contributed by atoms with E-state index in [1.807, 2.05) is 0 Å². The molecule has 3 rings (SSSR count). The van der Waals surface area contributed by atoms with Crippen molar-refractivity contribution in [1.29, 1.82) is 0 Å². The molecule has 98 valence electrons. The highest BCUT2D eigenvalue weighted by Crippen LogP contribution is 2.32. The highest BCUT2D eigenvalue weighted by atomic mass is 19.1. The minimum atomic E-state index is -0.556. The van der Waals surface area contributed by atoms with Crippen LogP contribution in [0.5, 0.6) is 5.88 Å². The third-order valence-electron chi connectivity index (χ3n) is 3.27. The van der Waals surface area contributed by atoms with E-state index in [2.05, 4.69) is 9.97 Å². The van der Waals surface area contributed by atoms with Crippen molar-refractivity contribution in [1.82, 2.24) is 9.97 Å². The van der Waals surface area contributed by atoms with Crippen LogP contribution in [0.3, 0.4) is 0 Å². The highest BCUT2D eigenvalue weighted by molar-refractivity contribution is 5.67. The maximum atomic E-state index is 13.7. The predicted octanol–water partition coefficient (Wildman–Crippen LogP) is 2.23. The van der Waals surface area contributed by atoms with Crippen LogP contribution in [0.4, 0.5) is 4.39 Å². The average Bonchev–Trinajstić information content (AvgIpc) is 3.14. The van der Waals surface area contributed by atoms with Gasteiger partial charge in [0.25, 0.3) is 5.56 Å². The standard InChI is InChI=1S/C14H13FN2O2/c15-10-4-2-1-3-9(10)12-13(18)16-11(17-14(12)19)7-8-5-6-8/h1-4,8H,5-7H2,(H2,16,17,18,19). The molecule has 2 aromatic rings. The molecule has 4 nitrogen and oxygen atoms in total. The summed E-state index contributed by atoms with van der Waals surface area (Å²) in [7, 11) is 0. The number of halogens is 1. The van der Waals surface area contributed by atoms with Crippen molar-refractivity contribution >= 4 is 0 Å². The van der Waals surface area contributed by atoms with Gasteiger partial charge in [0.1, 0.15) is 17.2 Å². The van der Waals surface area contributed by atoms with Crippen LogP contribution in [0.2, 0.25) is 0 Å². The molecule has 1 saturated carbocycles. The van der Waals surface area contributed by atoms with Gasteiger partial charge < -0.3 is 10.1 Å². The van der Waals surface area contributed by atoms with Gasteiger partial charge in [0.15, 0.2) is 0 Å². The second-order valence-electron chi connectivity index (χ2n) is 4.84. The van der Waals surface area contributed by atoms with Crippen molar-refractivity contribution in [3.63, 3.8) is 0 Å². The number of nitrogens with one attached hydrogen (secondary N) is 1. The van der Waals surface area contributed by atoms with Crippen molar-refractivity contribution < 1.29 is 9.50 Å². The lowest BCUT2D eigenvalue weighted by Crippen LogP contribution is -2.15. The van der Waals surface area contributed by atoms with Crippen molar-refractivity contribution in [3.05, 3.63) is 46.3 Å². The van der Waals surface area contributed by atoms with E-state index in [9.17, 15) is 14.3 Å². The third-order valence-corrected chi connectivity index (χ3v) is 3.27. The highest BCUT2D eigenvalue weighted by Gasteiger charge is 2.24. The zero-order chi connectivity index (χ0) is 13.4. The SMILES string of the molecule is O=c1[nH]c(CC2CC2)nc(O)c1-c1ccccc1F. The molecule has 1 heterocycles.